The summed E-state index contributed by atoms with van der Waals surface area (Å²) in [7, 11) is 0. The molecular formula is C23H27FN6O. The van der Waals surface area contributed by atoms with E-state index in [1.165, 1.54) is 17.8 Å². The van der Waals surface area contributed by atoms with E-state index in [0.717, 1.165) is 57.0 Å². The number of halogens is 1. The molecule has 5 rings (SSSR count). The van der Waals surface area contributed by atoms with Crippen molar-refractivity contribution in [1.29, 1.82) is 0 Å². The molecule has 2 aromatic carbocycles. The minimum Gasteiger partial charge on any atom is -0.376 e. The van der Waals surface area contributed by atoms with Crippen LogP contribution in [0.5, 0.6) is 0 Å². The number of piperazine rings is 1. The number of rotatable bonds is 6. The van der Waals surface area contributed by atoms with Gasteiger partial charge in [0.15, 0.2) is 5.82 Å². The first-order valence-electron chi connectivity index (χ1n) is 10.9. The topological polar surface area (TPSA) is 59.3 Å². The van der Waals surface area contributed by atoms with E-state index in [4.69, 9.17) is 4.74 Å². The normalized spacial score (nSPS) is 20.8. The molecule has 2 saturated heterocycles. The SMILES string of the molecule is Fc1ccc([C@@H](c2nnnn2C[C@@H]2CCCO2)N2CCN(c3ccccc3)CC2)cc1. The predicted molar refractivity (Wildman–Crippen MR) is 115 cm³/mol. The Bertz CT molecular complexity index is 965. The van der Waals surface area contributed by atoms with Gasteiger partial charge in [0.25, 0.3) is 0 Å². The molecule has 2 aliphatic rings. The molecule has 0 unspecified atom stereocenters. The molecule has 2 atom stereocenters. The Morgan fingerprint density at radius 1 is 1.00 bits per heavy atom. The maximum Gasteiger partial charge on any atom is 0.173 e. The van der Waals surface area contributed by atoms with Crippen molar-refractivity contribution in [2.45, 2.75) is 31.5 Å². The van der Waals surface area contributed by atoms with Crippen LogP contribution in [0.25, 0.3) is 0 Å². The van der Waals surface area contributed by atoms with Crippen molar-refractivity contribution < 1.29 is 9.13 Å². The van der Waals surface area contributed by atoms with Crippen molar-refractivity contribution in [3.8, 4) is 0 Å². The number of ether oxygens (including phenoxy) is 1. The summed E-state index contributed by atoms with van der Waals surface area (Å²) in [5.74, 6) is 0.547. The van der Waals surface area contributed by atoms with Crippen LogP contribution in [0.15, 0.2) is 54.6 Å². The van der Waals surface area contributed by atoms with Crippen LogP contribution >= 0.6 is 0 Å². The van der Waals surface area contributed by atoms with E-state index < -0.39 is 0 Å². The summed E-state index contributed by atoms with van der Waals surface area (Å²) in [5, 5.41) is 12.7. The summed E-state index contributed by atoms with van der Waals surface area (Å²) in [6.07, 6.45) is 2.24. The van der Waals surface area contributed by atoms with Gasteiger partial charge in [0.1, 0.15) is 5.82 Å². The van der Waals surface area contributed by atoms with Crippen molar-refractivity contribution in [2.24, 2.45) is 0 Å². The molecule has 1 aromatic heterocycles. The minimum atomic E-state index is -0.240. The lowest BCUT2D eigenvalue weighted by Gasteiger charge is -2.40. The van der Waals surface area contributed by atoms with Gasteiger partial charge in [-0.3, -0.25) is 4.90 Å². The van der Waals surface area contributed by atoms with Gasteiger partial charge in [0.05, 0.1) is 18.7 Å². The fraction of sp³-hybridized carbons (Fsp3) is 0.435. The van der Waals surface area contributed by atoms with Crippen LogP contribution in [0.2, 0.25) is 0 Å². The quantitative estimate of drug-likeness (QED) is 0.609. The van der Waals surface area contributed by atoms with Crippen molar-refractivity contribution in [3.63, 3.8) is 0 Å². The zero-order chi connectivity index (χ0) is 21.0. The third kappa shape index (κ3) is 4.45. The summed E-state index contributed by atoms with van der Waals surface area (Å²) >= 11 is 0. The van der Waals surface area contributed by atoms with Gasteiger partial charge in [0, 0.05) is 38.5 Å². The van der Waals surface area contributed by atoms with Gasteiger partial charge in [-0.25, -0.2) is 9.07 Å². The molecule has 8 heteroatoms. The van der Waals surface area contributed by atoms with Crippen molar-refractivity contribution in [2.75, 3.05) is 37.7 Å². The van der Waals surface area contributed by atoms with E-state index in [1.807, 2.05) is 22.9 Å². The third-order valence-corrected chi connectivity index (χ3v) is 6.19. The number of hydrogen-bond acceptors (Lipinski definition) is 6. The molecule has 0 radical (unpaired) electrons. The zero-order valence-corrected chi connectivity index (χ0v) is 17.5. The van der Waals surface area contributed by atoms with E-state index in [0.29, 0.717) is 6.54 Å². The molecular weight excluding hydrogens is 395 g/mol. The summed E-state index contributed by atoms with van der Waals surface area (Å²) in [6.45, 7) is 4.99. The molecule has 0 saturated carbocycles. The van der Waals surface area contributed by atoms with E-state index >= 15 is 0 Å². The number of hydrogen-bond donors (Lipinski definition) is 0. The van der Waals surface area contributed by atoms with Crippen LogP contribution < -0.4 is 4.90 Å². The molecule has 162 valence electrons. The van der Waals surface area contributed by atoms with Crippen molar-refractivity contribution in [3.05, 3.63) is 71.8 Å². The highest BCUT2D eigenvalue weighted by molar-refractivity contribution is 5.46. The van der Waals surface area contributed by atoms with Gasteiger partial charge in [-0.2, -0.15) is 0 Å². The zero-order valence-electron chi connectivity index (χ0n) is 17.5. The smallest absolute Gasteiger partial charge is 0.173 e. The molecule has 3 heterocycles. The first kappa shape index (κ1) is 20.1. The summed E-state index contributed by atoms with van der Waals surface area (Å²) < 4.78 is 21.3. The van der Waals surface area contributed by atoms with Gasteiger partial charge >= 0.3 is 0 Å². The van der Waals surface area contributed by atoms with E-state index in [2.05, 4.69) is 49.6 Å². The van der Waals surface area contributed by atoms with E-state index in [9.17, 15) is 4.39 Å². The number of anilines is 1. The average Bonchev–Trinajstić information content (AvgIpc) is 3.49. The predicted octanol–water partition coefficient (Wildman–Crippen LogP) is 2.90. The Labute approximate surface area is 181 Å². The van der Waals surface area contributed by atoms with Crippen LogP contribution in [-0.4, -0.2) is 64.0 Å². The number of tetrazole rings is 1. The second kappa shape index (κ2) is 9.11. The number of nitrogens with zero attached hydrogens (tertiary/aromatic N) is 6. The van der Waals surface area contributed by atoms with E-state index in [1.54, 1.807) is 0 Å². The molecule has 0 bridgehead atoms. The molecule has 2 aliphatic heterocycles. The highest BCUT2D eigenvalue weighted by Crippen LogP contribution is 2.30. The summed E-state index contributed by atoms with van der Waals surface area (Å²) in [5.41, 5.74) is 2.24. The maximum absolute atomic E-state index is 13.6. The summed E-state index contributed by atoms with van der Waals surface area (Å²) in [6, 6.07) is 17.1. The number of aromatic nitrogens is 4. The van der Waals surface area contributed by atoms with Crippen LogP contribution in [-0.2, 0) is 11.3 Å². The number of benzene rings is 2. The van der Waals surface area contributed by atoms with Crippen LogP contribution in [0.3, 0.4) is 0 Å². The van der Waals surface area contributed by atoms with Gasteiger partial charge in [-0.05, 0) is 53.1 Å². The Morgan fingerprint density at radius 3 is 2.48 bits per heavy atom. The first-order valence-corrected chi connectivity index (χ1v) is 10.9. The summed E-state index contributed by atoms with van der Waals surface area (Å²) in [4.78, 5) is 4.79. The Kier molecular flexibility index (Phi) is 5.90. The molecule has 31 heavy (non-hydrogen) atoms. The molecule has 0 spiro atoms. The minimum absolute atomic E-state index is 0.130. The van der Waals surface area contributed by atoms with E-state index in [-0.39, 0.29) is 18.0 Å². The number of para-hydroxylation sites is 1. The molecule has 2 fully saturated rings. The third-order valence-electron chi connectivity index (χ3n) is 6.19. The van der Waals surface area contributed by atoms with Gasteiger partial charge in [-0.1, -0.05) is 30.3 Å². The van der Waals surface area contributed by atoms with Crippen LogP contribution in [0.4, 0.5) is 10.1 Å². The fourth-order valence-corrected chi connectivity index (χ4v) is 4.56. The van der Waals surface area contributed by atoms with Crippen LogP contribution in [0, 0.1) is 5.82 Å². The second-order valence-electron chi connectivity index (χ2n) is 8.17. The fourth-order valence-electron chi connectivity index (χ4n) is 4.56. The Balaban J connectivity index is 1.40. The highest BCUT2D eigenvalue weighted by Gasteiger charge is 2.31. The first-order chi connectivity index (χ1) is 15.3. The maximum atomic E-state index is 13.6. The lowest BCUT2D eigenvalue weighted by Crippen LogP contribution is -2.48. The molecule has 0 N–H and O–H groups in total. The lowest BCUT2D eigenvalue weighted by atomic mass is 10.0. The molecule has 7 nitrogen and oxygen atoms in total. The Morgan fingerprint density at radius 2 is 1.77 bits per heavy atom. The standard InChI is InChI=1S/C23H27FN6O/c24-19-10-8-18(9-11-19)22(23-25-26-27-30(23)17-21-7-4-16-31-21)29-14-12-28(13-15-29)20-5-2-1-3-6-20/h1-3,5-6,8-11,21-22H,4,7,12-17H2/t21-,22-/m0/s1. The average molecular weight is 423 g/mol. The highest BCUT2D eigenvalue weighted by atomic mass is 19.1. The van der Waals surface area contributed by atoms with Crippen molar-refractivity contribution >= 4 is 5.69 Å². The lowest BCUT2D eigenvalue weighted by molar-refractivity contribution is 0.0906. The largest absolute Gasteiger partial charge is 0.376 e. The van der Waals surface area contributed by atoms with Gasteiger partial charge in [-0.15, -0.1) is 5.10 Å². The van der Waals surface area contributed by atoms with Crippen LogP contribution in [0.1, 0.15) is 30.3 Å². The Hall–Kier alpha value is -2.84. The molecule has 3 aromatic rings. The van der Waals surface area contributed by atoms with Gasteiger partial charge in [0.2, 0.25) is 0 Å². The molecule has 0 amide bonds. The monoisotopic (exact) mass is 422 g/mol. The van der Waals surface area contributed by atoms with Gasteiger partial charge < -0.3 is 9.64 Å². The molecule has 0 aliphatic carbocycles. The second-order valence-corrected chi connectivity index (χ2v) is 8.17. The van der Waals surface area contributed by atoms with Crippen molar-refractivity contribution in [1.82, 2.24) is 25.1 Å².